The molecule has 5 heteroatoms. The lowest BCUT2D eigenvalue weighted by atomic mass is 10.1. The number of rotatable bonds is 3. The number of aryl methyl sites for hydroxylation is 1. The molecule has 5 nitrogen and oxygen atoms in total. The summed E-state index contributed by atoms with van der Waals surface area (Å²) in [5, 5.41) is 8.80. The molecule has 0 saturated carbocycles. The molecule has 0 aliphatic rings. The van der Waals surface area contributed by atoms with Crippen molar-refractivity contribution >= 4 is 11.7 Å². The van der Waals surface area contributed by atoms with Crippen LogP contribution >= 0.6 is 0 Å². The highest BCUT2D eigenvalue weighted by atomic mass is 16.4. The molecule has 0 atom stereocenters. The second-order valence-corrected chi connectivity index (χ2v) is 4.38. The lowest BCUT2D eigenvalue weighted by Gasteiger charge is -2.08. The topological polar surface area (TPSA) is 85.3 Å². The zero-order valence-electron chi connectivity index (χ0n) is 10.5. The zero-order chi connectivity index (χ0) is 14.0. The Bertz CT molecular complexity index is 672. The van der Waals surface area contributed by atoms with Gasteiger partial charge in [0.2, 0.25) is 0 Å². The lowest BCUT2D eigenvalue weighted by molar-refractivity contribution is 0.0697. The third-order valence-corrected chi connectivity index (χ3v) is 2.93. The highest BCUT2D eigenvalue weighted by Crippen LogP contribution is 2.09. The standard InChI is InChI=1S/C14H14N2O3/c1-9-6-13(17)16(8-12(9)15)7-10-2-4-11(5-3-10)14(18)19/h2-6,8H,7,15H2,1H3,(H,18,19). The number of pyridine rings is 1. The molecule has 0 unspecified atom stereocenters. The Labute approximate surface area is 109 Å². The molecule has 2 aromatic rings. The van der Waals surface area contributed by atoms with Gasteiger partial charge in [-0.05, 0) is 30.2 Å². The number of carboxylic acids is 1. The number of hydrogen-bond acceptors (Lipinski definition) is 3. The van der Waals surface area contributed by atoms with Crippen LogP contribution < -0.4 is 11.3 Å². The minimum atomic E-state index is -0.969. The van der Waals surface area contributed by atoms with Gasteiger partial charge in [0.25, 0.3) is 5.56 Å². The van der Waals surface area contributed by atoms with E-state index in [1.165, 1.54) is 22.8 Å². The summed E-state index contributed by atoms with van der Waals surface area (Å²) in [6.45, 7) is 2.14. The summed E-state index contributed by atoms with van der Waals surface area (Å²) >= 11 is 0. The van der Waals surface area contributed by atoms with Crippen LogP contribution in [0.3, 0.4) is 0 Å². The third-order valence-electron chi connectivity index (χ3n) is 2.93. The number of anilines is 1. The van der Waals surface area contributed by atoms with Crippen molar-refractivity contribution in [2.24, 2.45) is 0 Å². The number of nitrogens with two attached hydrogens (primary N) is 1. The first-order valence-electron chi connectivity index (χ1n) is 5.76. The molecule has 0 aliphatic carbocycles. The van der Waals surface area contributed by atoms with E-state index in [1.807, 2.05) is 0 Å². The predicted octanol–water partition coefficient (Wildman–Crippen LogP) is 1.49. The summed E-state index contributed by atoms with van der Waals surface area (Å²) in [6, 6.07) is 7.89. The first-order chi connectivity index (χ1) is 8.97. The van der Waals surface area contributed by atoms with Gasteiger partial charge in [0.1, 0.15) is 0 Å². The normalized spacial score (nSPS) is 10.4. The van der Waals surface area contributed by atoms with Gasteiger partial charge in [0.15, 0.2) is 0 Å². The molecule has 0 spiro atoms. The van der Waals surface area contributed by atoms with Crippen LogP contribution in [0.25, 0.3) is 0 Å². The minimum absolute atomic E-state index is 0.131. The molecule has 1 aromatic carbocycles. The third kappa shape index (κ3) is 2.82. The maximum atomic E-state index is 11.8. The number of benzene rings is 1. The Balaban J connectivity index is 2.29. The molecule has 1 heterocycles. The Morgan fingerprint density at radius 1 is 1.32 bits per heavy atom. The molecule has 0 aliphatic heterocycles. The van der Waals surface area contributed by atoms with E-state index in [9.17, 15) is 9.59 Å². The minimum Gasteiger partial charge on any atom is -0.478 e. The first-order valence-corrected chi connectivity index (χ1v) is 5.76. The van der Waals surface area contributed by atoms with Crippen molar-refractivity contribution in [1.29, 1.82) is 0 Å². The maximum Gasteiger partial charge on any atom is 0.335 e. The molecular formula is C14H14N2O3. The number of carboxylic acid groups (broad SMARTS) is 1. The highest BCUT2D eigenvalue weighted by Gasteiger charge is 2.04. The van der Waals surface area contributed by atoms with E-state index in [0.29, 0.717) is 12.2 Å². The molecule has 98 valence electrons. The Morgan fingerprint density at radius 3 is 2.53 bits per heavy atom. The summed E-state index contributed by atoms with van der Waals surface area (Å²) < 4.78 is 1.50. The molecule has 0 fully saturated rings. The Hall–Kier alpha value is -2.56. The van der Waals surface area contributed by atoms with E-state index in [0.717, 1.165) is 11.1 Å². The molecule has 0 amide bonds. The van der Waals surface area contributed by atoms with E-state index in [-0.39, 0.29) is 11.1 Å². The van der Waals surface area contributed by atoms with Crippen molar-refractivity contribution in [3.8, 4) is 0 Å². The first kappa shape index (κ1) is 12.9. The van der Waals surface area contributed by atoms with Crippen molar-refractivity contribution in [3.63, 3.8) is 0 Å². The molecule has 0 saturated heterocycles. The van der Waals surface area contributed by atoms with Gasteiger partial charge in [-0.1, -0.05) is 12.1 Å². The highest BCUT2D eigenvalue weighted by molar-refractivity contribution is 5.87. The summed E-state index contributed by atoms with van der Waals surface area (Å²) in [6.07, 6.45) is 1.60. The van der Waals surface area contributed by atoms with Crippen LogP contribution in [0.4, 0.5) is 5.69 Å². The van der Waals surface area contributed by atoms with E-state index in [4.69, 9.17) is 10.8 Å². The van der Waals surface area contributed by atoms with Crippen molar-refractivity contribution in [2.75, 3.05) is 5.73 Å². The average molecular weight is 258 g/mol. The van der Waals surface area contributed by atoms with Gasteiger partial charge in [-0.25, -0.2) is 4.79 Å². The van der Waals surface area contributed by atoms with E-state index >= 15 is 0 Å². The molecular weight excluding hydrogens is 244 g/mol. The monoisotopic (exact) mass is 258 g/mol. The van der Waals surface area contributed by atoms with Crippen LogP contribution in [-0.4, -0.2) is 15.6 Å². The Kier molecular flexibility index (Phi) is 3.37. The molecule has 0 radical (unpaired) electrons. The van der Waals surface area contributed by atoms with Crippen molar-refractivity contribution in [2.45, 2.75) is 13.5 Å². The van der Waals surface area contributed by atoms with Gasteiger partial charge >= 0.3 is 5.97 Å². The smallest absolute Gasteiger partial charge is 0.335 e. The van der Waals surface area contributed by atoms with Crippen LogP contribution in [0.5, 0.6) is 0 Å². The number of carbonyl (C=O) groups is 1. The number of hydrogen-bond donors (Lipinski definition) is 2. The van der Waals surface area contributed by atoms with E-state index in [1.54, 1.807) is 25.3 Å². The van der Waals surface area contributed by atoms with E-state index in [2.05, 4.69) is 0 Å². The maximum absolute atomic E-state index is 11.8. The van der Waals surface area contributed by atoms with Crippen molar-refractivity contribution < 1.29 is 9.90 Å². The predicted molar refractivity (Wildman–Crippen MR) is 72.4 cm³/mol. The van der Waals surface area contributed by atoms with Gasteiger partial charge in [-0.15, -0.1) is 0 Å². The fourth-order valence-corrected chi connectivity index (χ4v) is 1.76. The largest absolute Gasteiger partial charge is 0.478 e. The fraction of sp³-hybridized carbons (Fsp3) is 0.143. The van der Waals surface area contributed by atoms with Gasteiger partial charge in [-0.3, -0.25) is 4.79 Å². The van der Waals surface area contributed by atoms with Gasteiger partial charge in [0.05, 0.1) is 17.8 Å². The second-order valence-electron chi connectivity index (χ2n) is 4.38. The van der Waals surface area contributed by atoms with Crippen LogP contribution in [0, 0.1) is 6.92 Å². The summed E-state index contributed by atoms with van der Waals surface area (Å²) in [7, 11) is 0. The zero-order valence-corrected chi connectivity index (χ0v) is 10.5. The van der Waals surface area contributed by atoms with Gasteiger partial charge < -0.3 is 15.4 Å². The fourth-order valence-electron chi connectivity index (χ4n) is 1.76. The summed E-state index contributed by atoms with van der Waals surface area (Å²) in [5.41, 5.74) is 8.01. The summed E-state index contributed by atoms with van der Waals surface area (Å²) in [4.78, 5) is 22.5. The van der Waals surface area contributed by atoms with Crippen molar-refractivity contribution in [3.05, 3.63) is 63.6 Å². The lowest BCUT2D eigenvalue weighted by Crippen LogP contribution is -2.20. The molecule has 0 bridgehead atoms. The number of nitrogen functional groups attached to an aromatic ring is 1. The van der Waals surface area contributed by atoms with Crippen LogP contribution in [0.2, 0.25) is 0 Å². The number of aromatic nitrogens is 1. The van der Waals surface area contributed by atoms with Crippen molar-refractivity contribution in [1.82, 2.24) is 4.57 Å². The molecule has 1 aromatic heterocycles. The number of aromatic carboxylic acids is 1. The quantitative estimate of drug-likeness (QED) is 0.873. The Morgan fingerprint density at radius 2 is 1.95 bits per heavy atom. The van der Waals surface area contributed by atoms with Crippen LogP contribution in [0.15, 0.2) is 41.3 Å². The molecule has 2 rings (SSSR count). The average Bonchev–Trinajstić information content (AvgIpc) is 2.36. The second kappa shape index (κ2) is 4.97. The van der Waals surface area contributed by atoms with Crippen LogP contribution in [-0.2, 0) is 6.54 Å². The molecule has 19 heavy (non-hydrogen) atoms. The SMILES string of the molecule is Cc1cc(=O)n(Cc2ccc(C(=O)O)cc2)cc1N. The summed E-state index contributed by atoms with van der Waals surface area (Å²) in [5.74, 6) is -0.969. The number of nitrogens with zero attached hydrogens (tertiary/aromatic N) is 1. The van der Waals surface area contributed by atoms with Gasteiger partial charge in [-0.2, -0.15) is 0 Å². The molecule has 3 N–H and O–H groups in total. The van der Waals surface area contributed by atoms with Gasteiger partial charge in [0, 0.05) is 12.3 Å². The van der Waals surface area contributed by atoms with Crippen LogP contribution in [0.1, 0.15) is 21.5 Å². The van der Waals surface area contributed by atoms with E-state index < -0.39 is 5.97 Å².